The molecule has 4 heterocycles. The fraction of sp³-hybridized carbons (Fsp3) is 0.333. The first-order chi connectivity index (χ1) is 16.6. The molecule has 0 aliphatic carbocycles. The van der Waals surface area contributed by atoms with Gasteiger partial charge >= 0.3 is 0 Å². The van der Waals surface area contributed by atoms with Crippen LogP contribution < -0.4 is 10.2 Å². The number of nitrogens with one attached hydrogen (secondary N) is 1. The van der Waals surface area contributed by atoms with Crippen molar-refractivity contribution < 1.29 is 4.39 Å². The summed E-state index contributed by atoms with van der Waals surface area (Å²) in [5.41, 5.74) is 2.48. The van der Waals surface area contributed by atoms with Crippen LogP contribution in [-0.2, 0) is 0 Å². The Labute approximate surface area is 199 Å². The number of aromatic nitrogens is 3. The Morgan fingerprint density at radius 3 is 2.68 bits per heavy atom. The van der Waals surface area contributed by atoms with Gasteiger partial charge < -0.3 is 10.2 Å². The lowest BCUT2D eigenvalue weighted by atomic mass is 10.1. The fourth-order valence-corrected chi connectivity index (χ4v) is 5.58. The molecule has 7 heteroatoms. The molecule has 2 saturated heterocycles. The molecule has 0 amide bonds. The maximum absolute atomic E-state index is 15.2. The minimum Gasteiger partial charge on any atom is -0.363 e. The largest absolute Gasteiger partial charge is 0.363 e. The Bertz CT molecular complexity index is 1320. The smallest absolute Gasteiger partial charge is 0.159 e. The van der Waals surface area contributed by atoms with Crippen molar-refractivity contribution in [1.82, 2.24) is 19.7 Å². The van der Waals surface area contributed by atoms with Crippen molar-refractivity contribution in [2.75, 3.05) is 29.9 Å². The molecule has 6 rings (SSSR count). The third-order valence-electron chi connectivity index (χ3n) is 7.32. The van der Waals surface area contributed by atoms with E-state index in [2.05, 4.69) is 46.1 Å². The third-order valence-corrected chi connectivity index (χ3v) is 7.32. The van der Waals surface area contributed by atoms with Gasteiger partial charge in [-0.2, -0.15) is 0 Å². The van der Waals surface area contributed by atoms with Crippen molar-refractivity contribution in [3.05, 3.63) is 78.2 Å². The van der Waals surface area contributed by atoms with Crippen LogP contribution in [0.1, 0.15) is 31.9 Å². The summed E-state index contributed by atoms with van der Waals surface area (Å²) < 4.78 is 16.9. The first-order valence-corrected chi connectivity index (χ1v) is 12.1. The van der Waals surface area contributed by atoms with Gasteiger partial charge in [0.2, 0.25) is 0 Å². The molecule has 2 unspecified atom stereocenters. The number of hydrogen-bond donors (Lipinski definition) is 1. The lowest BCUT2D eigenvalue weighted by molar-refractivity contribution is 0.251. The number of piperazine rings is 1. The molecule has 2 aromatic carbocycles. The number of likely N-dealkylation sites (N-methyl/N-ethyl adjacent to an activating group) is 1. The van der Waals surface area contributed by atoms with Gasteiger partial charge in [0.25, 0.3) is 0 Å². The second kappa shape index (κ2) is 8.40. The van der Waals surface area contributed by atoms with Crippen LogP contribution in [0.2, 0.25) is 0 Å². The molecular formula is C27H29FN6. The van der Waals surface area contributed by atoms with Gasteiger partial charge in [-0.05, 0) is 43.7 Å². The van der Waals surface area contributed by atoms with E-state index in [1.54, 1.807) is 16.9 Å². The molecule has 6 nitrogen and oxygen atoms in total. The van der Waals surface area contributed by atoms with Crippen LogP contribution in [0, 0.1) is 5.82 Å². The van der Waals surface area contributed by atoms with Gasteiger partial charge in [0.15, 0.2) is 5.82 Å². The Hall–Kier alpha value is -3.45. The Balaban J connectivity index is 1.36. The number of para-hydroxylation sites is 1. The number of anilines is 2. The molecule has 0 spiro atoms. The van der Waals surface area contributed by atoms with Crippen LogP contribution in [-0.4, -0.2) is 51.4 Å². The van der Waals surface area contributed by atoms with Gasteiger partial charge in [-0.15, -0.1) is 5.10 Å². The Morgan fingerprint density at radius 1 is 1.06 bits per heavy atom. The van der Waals surface area contributed by atoms with Gasteiger partial charge in [0.05, 0.1) is 5.69 Å². The highest BCUT2D eigenvalue weighted by atomic mass is 19.1. The van der Waals surface area contributed by atoms with Crippen LogP contribution >= 0.6 is 0 Å². The van der Waals surface area contributed by atoms with Gasteiger partial charge in [-0.1, -0.05) is 43.3 Å². The zero-order chi connectivity index (χ0) is 23.2. The number of halogens is 1. The van der Waals surface area contributed by atoms with Crippen molar-refractivity contribution in [3.8, 4) is 5.69 Å². The maximum atomic E-state index is 15.2. The van der Waals surface area contributed by atoms with E-state index in [-0.39, 0.29) is 11.9 Å². The summed E-state index contributed by atoms with van der Waals surface area (Å²) in [5, 5.41) is 9.30. The van der Waals surface area contributed by atoms with E-state index in [4.69, 9.17) is 5.10 Å². The summed E-state index contributed by atoms with van der Waals surface area (Å²) in [5.74, 6) is 1.34. The quantitative estimate of drug-likeness (QED) is 0.442. The molecule has 1 N–H and O–H groups in total. The lowest BCUT2D eigenvalue weighted by Gasteiger charge is -2.33. The molecule has 34 heavy (non-hydrogen) atoms. The second-order valence-corrected chi connectivity index (χ2v) is 9.33. The normalized spacial score (nSPS) is 20.9. The Kier molecular flexibility index (Phi) is 5.21. The highest BCUT2D eigenvalue weighted by Gasteiger charge is 2.44. The minimum atomic E-state index is -0.264. The molecule has 4 aromatic rings. The topological polar surface area (TPSA) is 49.2 Å². The van der Waals surface area contributed by atoms with E-state index in [1.807, 2.05) is 36.4 Å². The van der Waals surface area contributed by atoms with E-state index in [0.717, 1.165) is 48.8 Å². The van der Waals surface area contributed by atoms with Gasteiger partial charge in [0.1, 0.15) is 17.2 Å². The summed E-state index contributed by atoms with van der Waals surface area (Å²) in [6.07, 6.45) is 2.90. The summed E-state index contributed by atoms with van der Waals surface area (Å²) in [6.45, 7) is 7.39. The van der Waals surface area contributed by atoms with Crippen molar-refractivity contribution >= 4 is 22.5 Å². The highest BCUT2D eigenvalue weighted by molar-refractivity contribution is 5.92. The monoisotopic (exact) mass is 456 g/mol. The van der Waals surface area contributed by atoms with E-state index in [9.17, 15) is 0 Å². The average Bonchev–Trinajstić information content (AvgIpc) is 3.57. The number of rotatable bonds is 6. The number of hydrogen-bond acceptors (Lipinski definition) is 5. The summed E-state index contributed by atoms with van der Waals surface area (Å²) in [4.78, 5) is 9.42. The number of fused-ring (bicyclic) bond motifs is 3. The molecule has 0 radical (unpaired) electrons. The van der Waals surface area contributed by atoms with Crippen molar-refractivity contribution in [2.45, 2.75) is 38.4 Å². The molecule has 2 fully saturated rings. The molecule has 2 bridgehead atoms. The number of pyridine rings is 1. The standard InChI is InChI=1S/C27H29FN6/c1-3-32-16-22-14-21(32)17-33(22)27-23-10-7-11-24(28)26(23)34(31-27)20-12-13-29-25(15-20)30-18(2)19-8-5-4-6-9-19/h4-13,15,18,21-22H,3,14,16-17H2,1-2H3,(H,29,30)/t18?,21?,22-/m0/s1. The molecule has 174 valence electrons. The molecule has 2 aromatic heterocycles. The first-order valence-electron chi connectivity index (χ1n) is 12.1. The van der Waals surface area contributed by atoms with Crippen molar-refractivity contribution in [2.24, 2.45) is 0 Å². The third kappa shape index (κ3) is 3.51. The number of nitrogens with zero attached hydrogens (tertiary/aromatic N) is 5. The number of benzene rings is 2. The van der Waals surface area contributed by atoms with Crippen LogP contribution in [0.4, 0.5) is 16.0 Å². The van der Waals surface area contributed by atoms with Gasteiger partial charge in [-0.25, -0.2) is 14.1 Å². The molecule has 2 aliphatic rings. The van der Waals surface area contributed by atoms with E-state index in [0.29, 0.717) is 17.6 Å². The van der Waals surface area contributed by atoms with Crippen molar-refractivity contribution in [3.63, 3.8) is 0 Å². The molecular weight excluding hydrogens is 427 g/mol. The van der Waals surface area contributed by atoms with E-state index < -0.39 is 0 Å². The van der Waals surface area contributed by atoms with Crippen LogP contribution in [0.5, 0.6) is 0 Å². The zero-order valence-corrected chi connectivity index (χ0v) is 19.5. The number of likely N-dealkylation sites (tertiary alicyclic amines) is 1. The fourth-order valence-electron chi connectivity index (χ4n) is 5.58. The SMILES string of the molecule is CCN1C[C@@H]2CC1CN2c1nn(-c2ccnc(NC(C)c3ccccc3)c2)c2c(F)cccc12. The van der Waals surface area contributed by atoms with Crippen molar-refractivity contribution in [1.29, 1.82) is 0 Å². The Morgan fingerprint density at radius 2 is 1.91 bits per heavy atom. The van der Waals surface area contributed by atoms with E-state index >= 15 is 4.39 Å². The molecule has 0 saturated carbocycles. The second-order valence-electron chi connectivity index (χ2n) is 9.33. The lowest BCUT2D eigenvalue weighted by Crippen LogP contribution is -2.46. The predicted octanol–water partition coefficient (Wildman–Crippen LogP) is 5.02. The highest BCUT2D eigenvalue weighted by Crippen LogP contribution is 2.38. The summed E-state index contributed by atoms with van der Waals surface area (Å²) in [7, 11) is 0. The summed E-state index contributed by atoms with van der Waals surface area (Å²) >= 11 is 0. The molecule has 3 atom stereocenters. The first kappa shape index (κ1) is 21.1. The van der Waals surface area contributed by atoms with E-state index in [1.165, 1.54) is 11.6 Å². The molecule has 2 aliphatic heterocycles. The van der Waals surface area contributed by atoms with Gasteiger partial charge in [0, 0.05) is 48.9 Å². The minimum absolute atomic E-state index is 0.0901. The predicted molar refractivity (Wildman–Crippen MR) is 134 cm³/mol. The van der Waals surface area contributed by atoms with Crippen LogP contribution in [0.25, 0.3) is 16.6 Å². The maximum Gasteiger partial charge on any atom is 0.159 e. The van der Waals surface area contributed by atoms with Gasteiger partial charge in [-0.3, -0.25) is 4.90 Å². The zero-order valence-electron chi connectivity index (χ0n) is 19.5. The van der Waals surface area contributed by atoms with Crippen LogP contribution in [0.15, 0.2) is 66.9 Å². The average molecular weight is 457 g/mol. The van der Waals surface area contributed by atoms with Crippen LogP contribution in [0.3, 0.4) is 0 Å². The summed E-state index contributed by atoms with van der Waals surface area (Å²) in [6, 6.07) is 20.4.